The van der Waals surface area contributed by atoms with E-state index in [2.05, 4.69) is 41.3 Å². The SMILES string of the molecule is CC(=O)c1cc(F)ccc1OCC(=O)N1CCN(Cc2cccc3ccccc23)CC1. The summed E-state index contributed by atoms with van der Waals surface area (Å²) in [4.78, 5) is 28.4. The number of amides is 1. The molecule has 4 rings (SSSR count). The molecule has 0 unspecified atom stereocenters. The number of ketones is 1. The van der Waals surface area contributed by atoms with Gasteiger partial charge in [-0.1, -0.05) is 42.5 Å². The molecule has 0 saturated carbocycles. The number of Topliss-reactive ketones (excluding diaryl/α,β-unsaturated/α-hetero) is 1. The summed E-state index contributed by atoms with van der Waals surface area (Å²) in [7, 11) is 0. The molecular weight excluding hydrogens is 395 g/mol. The van der Waals surface area contributed by atoms with Gasteiger partial charge in [-0.25, -0.2) is 4.39 Å². The number of fused-ring (bicyclic) bond motifs is 1. The molecule has 1 fully saturated rings. The molecule has 0 atom stereocenters. The third kappa shape index (κ3) is 4.91. The molecule has 0 radical (unpaired) electrons. The Labute approximate surface area is 181 Å². The zero-order valence-electron chi connectivity index (χ0n) is 17.5. The fraction of sp³-hybridized carbons (Fsp3) is 0.280. The second-order valence-corrected chi connectivity index (χ2v) is 7.78. The highest BCUT2D eigenvalue weighted by Gasteiger charge is 2.22. The summed E-state index contributed by atoms with van der Waals surface area (Å²) in [6, 6.07) is 18.5. The Morgan fingerprint density at radius 2 is 1.71 bits per heavy atom. The van der Waals surface area contributed by atoms with E-state index in [0.717, 1.165) is 25.7 Å². The molecule has 1 amide bonds. The van der Waals surface area contributed by atoms with Crippen LogP contribution in [0.15, 0.2) is 60.7 Å². The van der Waals surface area contributed by atoms with Crippen molar-refractivity contribution >= 4 is 22.5 Å². The van der Waals surface area contributed by atoms with Gasteiger partial charge in [-0.05, 0) is 41.5 Å². The monoisotopic (exact) mass is 420 g/mol. The summed E-state index contributed by atoms with van der Waals surface area (Å²) >= 11 is 0. The van der Waals surface area contributed by atoms with Gasteiger partial charge in [0.05, 0.1) is 5.56 Å². The normalized spacial score (nSPS) is 14.6. The van der Waals surface area contributed by atoms with Gasteiger partial charge < -0.3 is 9.64 Å². The van der Waals surface area contributed by atoms with Crippen LogP contribution in [0.2, 0.25) is 0 Å². The number of carbonyl (C=O) groups excluding carboxylic acids is 2. The molecular formula is C25H25FN2O3. The van der Waals surface area contributed by atoms with Crippen LogP contribution in [0.3, 0.4) is 0 Å². The van der Waals surface area contributed by atoms with Crippen LogP contribution in [0.25, 0.3) is 10.8 Å². The van der Waals surface area contributed by atoms with Crippen LogP contribution in [-0.2, 0) is 11.3 Å². The van der Waals surface area contributed by atoms with Crippen molar-refractivity contribution < 1.29 is 18.7 Å². The van der Waals surface area contributed by atoms with Crippen LogP contribution in [-0.4, -0.2) is 54.3 Å². The van der Waals surface area contributed by atoms with Gasteiger partial charge in [-0.3, -0.25) is 14.5 Å². The quantitative estimate of drug-likeness (QED) is 0.568. The van der Waals surface area contributed by atoms with Crippen LogP contribution in [0.5, 0.6) is 5.75 Å². The molecule has 5 nitrogen and oxygen atoms in total. The first-order valence-electron chi connectivity index (χ1n) is 10.4. The summed E-state index contributed by atoms with van der Waals surface area (Å²) in [5, 5.41) is 2.49. The van der Waals surface area contributed by atoms with Gasteiger partial charge in [0.15, 0.2) is 12.4 Å². The summed E-state index contributed by atoms with van der Waals surface area (Å²) in [6.07, 6.45) is 0. The Balaban J connectivity index is 1.32. The molecule has 0 aliphatic carbocycles. The number of ether oxygens (including phenoxy) is 1. The molecule has 0 N–H and O–H groups in total. The van der Waals surface area contributed by atoms with Crippen molar-refractivity contribution in [2.24, 2.45) is 0 Å². The Kier molecular flexibility index (Phi) is 6.28. The average molecular weight is 420 g/mol. The van der Waals surface area contributed by atoms with Gasteiger partial charge in [0.1, 0.15) is 11.6 Å². The van der Waals surface area contributed by atoms with E-state index in [0.29, 0.717) is 13.1 Å². The number of nitrogens with zero attached hydrogens (tertiary/aromatic N) is 2. The average Bonchev–Trinajstić information content (AvgIpc) is 2.78. The van der Waals surface area contributed by atoms with E-state index < -0.39 is 5.82 Å². The lowest BCUT2D eigenvalue weighted by molar-refractivity contribution is -0.135. The van der Waals surface area contributed by atoms with Gasteiger partial charge in [0.2, 0.25) is 0 Å². The van der Waals surface area contributed by atoms with Crippen molar-refractivity contribution in [3.05, 3.63) is 77.6 Å². The smallest absolute Gasteiger partial charge is 0.260 e. The largest absolute Gasteiger partial charge is 0.483 e. The zero-order valence-corrected chi connectivity index (χ0v) is 17.5. The maximum absolute atomic E-state index is 13.4. The minimum atomic E-state index is -0.508. The number of rotatable bonds is 6. The molecule has 160 valence electrons. The molecule has 1 aliphatic heterocycles. The second kappa shape index (κ2) is 9.27. The van der Waals surface area contributed by atoms with Crippen molar-refractivity contribution in [1.82, 2.24) is 9.80 Å². The van der Waals surface area contributed by atoms with Gasteiger partial charge >= 0.3 is 0 Å². The van der Waals surface area contributed by atoms with Crippen molar-refractivity contribution in [3.8, 4) is 5.75 Å². The number of benzene rings is 3. The first kappa shape index (κ1) is 21.0. The summed E-state index contributed by atoms with van der Waals surface area (Å²) in [6.45, 7) is 4.82. The van der Waals surface area contributed by atoms with Crippen LogP contribution < -0.4 is 4.74 Å². The van der Waals surface area contributed by atoms with Crippen molar-refractivity contribution in [1.29, 1.82) is 0 Å². The highest BCUT2D eigenvalue weighted by molar-refractivity contribution is 5.97. The van der Waals surface area contributed by atoms with E-state index in [1.54, 1.807) is 4.90 Å². The van der Waals surface area contributed by atoms with E-state index in [1.807, 2.05) is 6.07 Å². The highest BCUT2D eigenvalue weighted by atomic mass is 19.1. The van der Waals surface area contributed by atoms with Crippen molar-refractivity contribution in [2.75, 3.05) is 32.8 Å². The minimum absolute atomic E-state index is 0.136. The number of hydrogen-bond donors (Lipinski definition) is 0. The second-order valence-electron chi connectivity index (χ2n) is 7.78. The maximum Gasteiger partial charge on any atom is 0.260 e. The predicted molar refractivity (Wildman–Crippen MR) is 118 cm³/mol. The minimum Gasteiger partial charge on any atom is -0.483 e. The third-order valence-corrected chi connectivity index (χ3v) is 5.67. The van der Waals surface area contributed by atoms with Gasteiger partial charge in [-0.2, -0.15) is 0 Å². The van der Waals surface area contributed by atoms with Crippen LogP contribution in [0, 0.1) is 5.82 Å². The third-order valence-electron chi connectivity index (χ3n) is 5.67. The van der Waals surface area contributed by atoms with Crippen molar-refractivity contribution in [2.45, 2.75) is 13.5 Å². The zero-order chi connectivity index (χ0) is 21.8. The molecule has 31 heavy (non-hydrogen) atoms. The van der Waals surface area contributed by atoms with E-state index in [9.17, 15) is 14.0 Å². The lowest BCUT2D eigenvalue weighted by atomic mass is 10.0. The summed E-state index contributed by atoms with van der Waals surface area (Å²) < 4.78 is 18.9. The fourth-order valence-electron chi connectivity index (χ4n) is 3.96. The Bertz CT molecular complexity index is 1100. The highest BCUT2D eigenvalue weighted by Crippen LogP contribution is 2.22. The van der Waals surface area contributed by atoms with E-state index in [4.69, 9.17) is 4.74 Å². The molecule has 0 spiro atoms. The van der Waals surface area contributed by atoms with Crippen LogP contribution in [0.4, 0.5) is 4.39 Å². The van der Waals surface area contributed by atoms with E-state index >= 15 is 0 Å². The van der Waals surface area contributed by atoms with E-state index in [-0.39, 0.29) is 29.6 Å². The number of halogens is 1. The van der Waals surface area contributed by atoms with Gasteiger partial charge in [-0.15, -0.1) is 0 Å². The molecule has 1 aliphatic rings. The number of carbonyl (C=O) groups is 2. The van der Waals surface area contributed by atoms with Crippen molar-refractivity contribution in [3.63, 3.8) is 0 Å². The molecule has 6 heteroatoms. The topological polar surface area (TPSA) is 49.9 Å². The Hall–Kier alpha value is -3.25. The molecule has 0 aromatic heterocycles. The lowest BCUT2D eigenvalue weighted by Gasteiger charge is -2.35. The predicted octanol–water partition coefficient (Wildman–Crippen LogP) is 3.90. The summed E-state index contributed by atoms with van der Waals surface area (Å²) in [5.41, 5.74) is 1.43. The molecule has 1 saturated heterocycles. The van der Waals surface area contributed by atoms with Crippen LogP contribution >= 0.6 is 0 Å². The molecule has 3 aromatic carbocycles. The number of piperazine rings is 1. The standard InChI is InChI=1S/C25H25FN2O3/c1-18(29)23-15-21(26)9-10-24(23)31-17-25(30)28-13-11-27(12-14-28)16-20-7-4-6-19-5-2-3-8-22(19)20/h2-10,15H,11-14,16-17H2,1H3. The molecule has 0 bridgehead atoms. The van der Waals surface area contributed by atoms with Gasteiger partial charge in [0.25, 0.3) is 5.91 Å². The molecule has 1 heterocycles. The first-order chi connectivity index (χ1) is 15.0. The maximum atomic E-state index is 13.4. The van der Waals surface area contributed by atoms with Gasteiger partial charge in [0, 0.05) is 32.7 Å². The van der Waals surface area contributed by atoms with E-state index in [1.165, 1.54) is 35.4 Å². The Morgan fingerprint density at radius 3 is 2.48 bits per heavy atom. The molecule has 3 aromatic rings. The number of hydrogen-bond acceptors (Lipinski definition) is 4. The fourth-order valence-corrected chi connectivity index (χ4v) is 3.96. The first-order valence-corrected chi connectivity index (χ1v) is 10.4. The van der Waals surface area contributed by atoms with Crippen LogP contribution in [0.1, 0.15) is 22.8 Å². The lowest BCUT2D eigenvalue weighted by Crippen LogP contribution is -2.49. The Morgan fingerprint density at radius 1 is 0.968 bits per heavy atom. The summed E-state index contributed by atoms with van der Waals surface area (Å²) in [5.74, 6) is -0.712.